The minimum atomic E-state index is -0.314. The van der Waals surface area contributed by atoms with E-state index in [1.54, 1.807) is 59.4 Å². The highest BCUT2D eigenvalue weighted by Crippen LogP contribution is 2.19. The van der Waals surface area contributed by atoms with Crippen molar-refractivity contribution in [2.24, 2.45) is 0 Å². The van der Waals surface area contributed by atoms with Crippen molar-refractivity contribution in [1.82, 2.24) is 14.0 Å². The maximum absolute atomic E-state index is 13.1. The molecule has 0 saturated carbocycles. The van der Waals surface area contributed by atoms with E-state index >= 15 is 0 Å². The van der Waals surface area contributed by atoms with E-state index in [1.165, 1.54) is 16.7 Å². The number of fused-ring (bicyclic) bond motifs is 1. The number of aromatic nitrogens is 3. The van der Waals surface area contributed by atoms with Crippen molar-refractivity contribution in [2.45, 2.75) is 0 Å². The van der Waals surface area contributed by atoms with E-state index in [0.29, 0.717) is 16.4 Å². The van der Waals surface area contributed by atoms with Gasteiger partial charge in [0.2, 0.25) is 5.65 Å². The Morgan fingerprint density at radius 2 is 1.83 bits per heavy atom. The highest BCUT2D eigenvalue weighted by atomic mass is 35.5. The molecule has 0 fully saturated rings. The van der Waals surface area contributed by atoms with Crippen molar-refractivity contribution < 1.29 is 4.39 Å². The first kappa shape index (κ1) is 14.7. The van der Waals surface area contributed by atoms with Crippen LogP contribution in [0, 0.1) is 5.82 Å². The molecule has 0 unspecified atom stereocenters. The van der Waals surface area contributed by atoms with Gasteiger partial charge in [-0.3, -0.25) is 9.36 Å². The fourth-order valence-electron chi connectivity index (χ4n) is 2.57. The molecule has 0 spiro atoms. The molecule has 0 bridgehead atoms. The van der Waals surface area contributed by atoms with Crippen molar-refractivity contribution in [2.75, 3.05) is 0 Å². The zero-order valence-corrected chi connectivity index (χ0v) is 13.1. The minimum Gasteiger partial charge on any atom is -0.300 e. The summed E-state index contributed by atoms with van der Waals surface area (Å²) in [7, 11) is 0. The normalized spacial score (nSPS) is 11.1. The van der Waals surface area contributed by atoms with Crippen LogP contribution in [0.25, 0.3) is 22.6 Å². The molecule has 0 amide bonds. The quantitative estimate of drug-likeness (QED) is 0.555. The summed E-state index contributed by atoms with van der Waals surface area (Å²) >= 11 is 6.00. The summed E-state index contributed by atoms with van der Waals surface area (Å²) < 4.78 is 16.2. The van der Waals surface area contributed by atoms with Crippen LogP contribution in [-0.2, 0) is 0 Å². The lowest BCUT2D eigenvalue weighted by Crippen LogP contribution is -2.19. The Hall–Kier alpha value is -2.92. The zero-order chi connectivity index (χ0) is 16.7. The molecular formula is C18H11ClFN3O. The lowest BCUT2D eigenvalue weighted by Gasteiger charge is -2.05. The van der Waals surface area contributed by atoms with Crippen LogP contribution in [0.3, 0.4) is 0 Å². The predicted molar refractivity (Wildman–Crippen MR) is 91.2 cm³/mol. The van der Waals surface area contributed by atoms with Crippen molar-refractivity contribution in [3.8, 4) is 16.9 Å². The largest absolute Gasteiger partial charge is 0.300 e. The molecule has 0 saturated heterocycles. The van der Waals surface area contributed by atoms with Crippen LogP contribution in [0.4, 0.5) is 4.39 Å². The molecule has 4 nitrogen and oxygen atoms in total. The van der Waals surface area contributed by atoms with Crippen LogP contribution in [-0.4, -0.2) is 14.0 Å². The van der Waals surface area contributed by atoms with Gasteiger partial charge in [0.1, 0.15) is 5.82 Å². The van der Waals surface area contributed by atoms with E-state index in [0.717, 1.165) is 5.56 Å². The SMILES string of the molecule is O=c1c2nc(-c3ccc(F)cc3)cn2ccn1-c1cccc(Cl)c1. The van der Waals surface area contributed by atoms with Crippen molar-refractivity contribution >= 4 is 17.2 Å². The van der Waals surface area contributed by atoms with Crippen LogP contribution in [0.1, 0.15) is 0 Å². The maximum atomic E-state index is 13.1. The molecule has 2 heterocycles. The first-order chi connectivity index (χ1) is 11.6. The van der Waals surface area contributed by atoms with Gasteiger partial charge in [0.05, 0.1) is 11.4 Å². The van der Waals surface area contributed by atoms with Gasteiger partial charge in [-0.1, -0.05) is 17.7 Å². The van der Waals surface area contributed by atoms with Gasteiger partial charge in [-0.05, 0) is 42.5 Å². The second-order valence-electron chi connectivity index (χ2n) is 5.32. The number of halogens is 2. The van der Waals surface area contributed by atoms with Crippen LogP contribution in [0.5, 0.6) is 0 Å². The molecule has 118 valence electrons. The monoisotopic (exact) mass is 339 g/mol. The molecular weight excluding hydrogens is 329 g/mol. The average molecular weight is 340 g/mol. The van der Waals surface area contributed by atoms with Crippen molar-refractivity contribution in [1.29, 1.82) is 0 Å². The first-order valence-corrected chi connectivity index (χ1v) is 7.62. The molecule has 0 aliphatic heterocycles. The fourth-order valence-corrected chi connectivity index (χ4v) is 2.75. The van der Waals surface area contributed by atoms with Crippen molar-refractivity contribution in [3.05, 3.63) is 88.3 Å². The summed E-state index contributed by atoms with van der Waals surface area (Å²) in [4.78, 5) is 17.1. The summed E-state index contributed by atoms with van der Waals surface area (Å²) in [6, 6.07) is 13.0. The summed E-state index contributed by atoms with van der Waals surface area (Å²) in [6.45, 7) is 0. The van der Waals surface area contributed by atoms with Crippen LogP contribution in [0.15, 0.2) is 71.9 Å². The second kappa shape index (κ2) is 5.62. The molecule has 0 N–H and O–H groups in total. The molecule has 2 aromatic heterocycles. The van der Waals surface area contributed by atoms with Gasteiger partial charge >= 0.3 is 0 Å². The first-order valence-electron chi connectivity index (χ1n) is 7.24. The zero-order valence-electron chi connectivity index (χ0n) is 12.4. The Morgan fingerprint density at radius 3 is 2.58 bits per heavy atom. The molecule has 4 rings (SSSR count). The third-order valence-electron chi connectivity index (χ3n) is 3.75. The van der Waals surface area contributed by atoms with Gasteiger partial charge in [0.25, 0.3) is 5.56 Å². The molecule has 0 atom stereocenters. The summed E-state index contributed by atoms with van der Waals surface area (Å²) in [5.74, 6) is -0.314. The number of nitrogens with zero attached hydrogens (tertiary/aromatic N) is 3. The van der Waals surface area contributed by atoms with E-state index in [-0.39, 0.29) is 17.0 Å². The third kappa shape index (κ3) is 2.49. The number of rotatable bonds is 2. The van der Waals surface area contributed by atoms with Gasteiger partial charge in [-0.2, -0.15) is 0 Å². The number of hydrogen-bond donors (Lipinski definition) is 0. The Labute approximate surface area is 141 Å². The Kier molecular flexibility index (Phi) is 3.43. The predicted octanol–water partition coefficient (Wildman–Crippen LogP) is 3.94. The summed E-state index contributed by atoms with van der Waals surface area (Å²) in [5, 5.41) is 0.551. The third-order valence-corrected chi connectivity index (χ3v) is 3.98. The minimum absolute atomic E-state index is 0.256. The van der Waals surface area contributed by atoms with E-state index in [4.69, 9.17) is 11.6 Å². The van der Waals surface area contributed by atoms with E-state index in [1.807, 2.05) is 0 Å². The molecule has 4 aromatic rings. The summed E-state index contributed by atoms with van der Waals surface area (Å²) in [6.07, 6.45) is 5.15. The van der Waals surface area contributed by atoms with Crippen LogP contribution in [0.2, 0.25) is 5.02 Å². The lowest BCUT2D eigenvalue weighted by molar-refractivity contribution is 0.628. The second-order valence-corrected chi connectivity index (χ2v) is 5.75. The Balaban J connectivity index is 1.88. The molecule has 0 aliphatic carbocycles. The average Bonchev–Trinajstić information content (AvgIpc) is 3.01. The standard InChI is InChI=1S/C18H11ClFN3O/c19-13-2-1-3-15(10-13)23-9-8-22-11-16(21-17(22)18(23)24)12-4-6-14(20)7-5-12/h1-11H. The highest BCUT2D eigenvalue weighted by Gasteiger charge is 2.10. The number of imidazole rings is 1. The van der Waals surface area contributed by atoms with Gasteiger partial charge in [-0.25, -0.2) is 9.37 Å². The topological polar surface area (TPSA) is 39.3 Å². The molecule has 6 heteroatoms. The highest BCUT2D eigenvalue weighted by molar-refractivity contribution is 6.30. The van der Waals surface area contributed by atoms with E-state index in [9.17, 15) is 9.18 Å². The van der Waals surface area contributed by atoms with E-state index < -0.39 is 0 Å². The Morgan fingerprint density at radius 1 is 1.04 bits per heavy atom. The Bertz CT molecular complexity index is 1100. The molecule has 2 aromatic carbocycles. The molecule has 24 heavy (non-hydrogen) atoms. The van der Waals surface area contributed by atoms with Gasteiger partial charge in [0.15, 0.2) is 0 Å². The van der Waals surface area contributed by atoms with Crippen LogP contribution < -0.4 is 5.56 Å². The number of hydrogen-bond acceptors (Lipinski definition) is 2. The van der Waals surface area contributed by atoms with Gasteiger partial charge in [0, 0.05) is 29.2 Å². The molecule has 0 aliphatic rings. The maximum Gasteiger partial charge on any atom is 0.298 e. The smallest absolute Gasteiger partial charge is 0.298 e. The summed E-state index contributed by atoms with van der Waals surface area (Å²) in [5.41, 5.74) is 2.05. The van der Waals surface area contributed by atoms with Gasteiger partial charge in [-0.15, -0.1) is 0 Å². The number of benzene rings is 2. The molecule has 0 radical (unpaired) electrons. The van der Waals surface area contributed by atoms with Crippen molar-refractivity contribution in [3.63, 3.8) is 0 Å². The lowest BCUT2D eigenvalue weighted by atomic mass is 10.2. The van der Waals surface area contributed by atoms with Gasteiger partial charge < -0.3 is 4.40 Å². The van der Waals surface area contributed by atoms with E-state index in [2.05, 4.69) is 4.98 Å². The fraction of sp³-hybridized carbons (Fsp3) is 0. The van der Waals surface area contributed by atoms with Crippen LogP contribution >= 0.6 is 11.6 Å².